The second-order valence-corrected chi connectivity index (χ2v) is 3.41. The van der Waals surface area contributed by atoms with Crippen LogP contribution < -0.4 is 11.1 Å². The highest BCUT2D eigenvalue weighted by Crippen LogP contribution is 2.04. The van der Waals surface area contributed by atoms with Gasteiger partial charge < -0.3 is 11.1 Å². The molecule has 4 heteroatoms. The van der Waals surface area contributed by atoms with E-state index < -0.39 is 0 Å². The largest absolute Gasteiger partial charge is 0.370 e. The smallest absolute Gasteiger partial charge is 0.221 e. The van der Waals surface area contributed by atoms with Gasteiger partial charge in [-0.3, -0.25) is 0 Å². The van der Waals surface area contributed by atoms with Crippen molar-refractivity contribution in [3.8, 4) is 0 Å². The lowest BCUT2D eigenvalue weighted by Gasteiger charge is -2.06. The van der Waals surface area contributed by atoms with Crippen LogP contribution in [0.5, 0.6) is 0 Å². The molecule has 0 radical (unpaired) electrons. The van der Waals surface area contributed by atoms with E-state index in [0.29, 0.717) is 11.9 Å². The second-order valence-electron chi connectivity index (χ2n) is 3.41. The van der Waals surface area contributed by atoms with Crippen molar-refractivity contribution in [1.82, 2.24) is 9.97 Å². The van der Waals surface area contributed by atoms with Crippen LogP contribution >= 0.6 is 0 Å². The third-order valence-electron chi connectivity index (χ3n) is 1.70. The van der Waals surface area contributed by atoms with E-state index in [1.165, 1.54) is 0 Å². The molecule has 1 aromatic rings. The Labute approximate surface area is 78.6 Å². The Bertz CT molecular complexity index is 260. The van der Waals surface area contributed by atoms with Crippen LogP contribution in [0.25, 0.3) is 0 Å². The molecule has 0 unspecified atom stereocenters. The van der Waals surface area contributed by atoms with Gasteiger partial charge in [-0.2, -0.15) is 4.98 Å². The van der Waals surface area contributed by atoms with Crippen molar-refractivity contribution in [1.29, 1.82) is 0 Å². The zero-order chi connectivity index (χ0) is 9.68. The highest BCUT2D eigenvalue weighted by Gasteiger charge is 1.96. The van der Waals surface area contributed by atoms with Gasteiger partial charge in [0.2, 0.25) is 5.95 Å². The first-order chi connectivity index (χ1) is 6.18. The minimum Gasteiger partial charge on any atom is -0.370 e. The van der Waals surface area contributed by atoms with Gasteiger partial charge in [0.15, 0.2) is 0 Å². The van der Waals surface area contributed by atoms with Crippen LogP contribution in [-0.4, -0.2) is 16.5 Å². The summed E-state index contributed by atoms with van der Waals surface area (Å²) in [6.07, 6.45) is 2.78. The summed E-state index contributed by atoms with van der Waals surface area (Å²) in [5, 5.41) is 3.19. The molecule has 0 aliphatic heterocycles. The SMILES string of the molecule is CC(C)CCNc1ccnc(N)n1. The Hall–Kier alpha value is -1.32. The fraction of sp³-hybridized carbons (Fsp3) is 0.556. The van der Waals surface area contributed by atoms with Gasteiger partial charge in [-0.25, -0.2) is 4.98 Å². The first kappa shape index (κ1) is 9.77. The van der Waals surface area contributed by atoms with Crippen molar-refractivity contribution < 1.29 is 0 Å². The van der Waals surface area contributed by atoms with E-state index >= 15 is 0 Å². The molecule has 0 amide bonds. The molecule has 0 saturated heterocycles. The van der Waals surface area contributed by atoms with E-state index in [0.717, 1.165) is 18.8 Å². The fourth-order valence-corrected chi connectivity index (χ4v) is 0.961. The predicted molar refractivity (Wildman–Crippen MR) is 54.4 cm³/mol. The molecule has 3 N–H and O–H groups in total. The number of nitrogens with zero attached hydrogens (tertiary/aromatic N) is 2. The summed E-state index contributed by atoms with van der Waals surface area (Å²) in [6.45, 7) is 5.31. The lowest BCUT2D eigenvalue weighted by molar-refractivity contribution is 0.606. The van der Waals surface area contributed by atoms with Crippen LogP contribution in [0.2, 0.25) is 0 Å². The molecule has 0 bridgehead atoms. The molecule has 1 heterocycles. The average Bonchev–Trinajstić information content (AvgIpc) is 2.03. The summed E-state index contributed by atoms with van der Waals surface area (Å²) in [5.74, 6) is 1.81. The van der Waals surface area contributed by atoms with Crippen molar-refractivity contribution in [2.45, 2.75) is 20.3 Å². The maximum Gasteiger partial charge on any atom is 0.221 e. The van der Waals surface area contributed by atoms with Gasteiger partial charge in [-0.05, 0) is 18.4 Å². The van der Waals surface area contributed by atoms with Gasteiger partial charge >= 0.3 is 0 Å². The van der Waals surface area contributed by atoms with E-state index in [2.05, 4.69) is 29.1 Å². The molecule has 1 rings (SSSR count). The van der Waals surface area contributed by atoms with Crippen LogP contribution in [0.15, 0.2) is 12.3 Å². The Morgan fingerprint density at radius 2 is 2.31 bits per heavy atom. The van der Waals surface area contributed by atoms with Crippen LogP contribution in [0, 0.1) is 5.92 Å². The molecule has 1 aromatic heterocycles. The number of rotatable bonds is 4. The minimum atomic E-state index is 0.314. The van der Waals surface area contributed by atoms with E-state index in [9.17, 15) is 0 Å². The molecule has 72 valence electrons. The van der Waals surface area contributed by atoms with Crippen molar-refractivity contribution >= 4 is 11.8 Å². The highest BCUT2D eigenvalue weighted by atomic mass is 15.1. The topological polar surface area (TPSA) is 63.8 Å². The lowest BCUT2D eigenvalue weighted by Crippen LogP contribution is -2.07. The number of hydrogen-bond donors (Lipinski definition) is 2. The Balaban J connectivity index is 2.37. The predicted octanol–water partition coefficient (Wildman–Crippen LogP) is 1.52. The van der Waals surface area contributed by atoms with Crippen molar-refractivity contribution in [2.75, 3.05) is 17.6 Å². The van der Waals surface area contributed by atoms with Gasteiger partial charge in [0, 0.05) is 12.7 Å². The average molecular weight is 180 g/mol. The molecule has 0 aliphatic carbocycles. The van der Waals surface area contributed by atoms with Crippen molar-refractivity contribution in [3.63, 3.8) is 0 Å². The second kappa shape index (κ2) is 4.64. The molecule has 0 spiro atoms. The number of aromatic nitrogens is 2. The van der Waals surface area contributed by atoms with Crippen LogP contribution in [0.3, 0.4) is 0 Å². The van der Waals surface area contributed by atoms with Gasteiger partial charge in [0.05, 0.1) is 0 Å². The first-order valence-corrected chi connectivity index (χ1v) is 4.51. The monoisotopic (exact) mass is 180 g/mol. The molecule has 4 nitrogen and oxygen atoms in total. The van der Waals surface area contributed by atoms with Gasteiger partial charge in [-0.1, -0.05) is 13.8 Å². The standard InChI is InChI=1S/C9H16N4/c1-7(2)3-5-11-8-4-6-12-9(10)13-8/h4,6-7H,3,5H2,1-2H3,(H3,10,11,12,13). The number of nitrogens with one attached hydrogen (secondary N) is 1. The lowest BCUT2D eigenvalue weighted by atomic mass is 10.1. The maximum atomic E-state index is 5.43. The van der Waals surface area contributed by atoms with Crippen LogP contribution in [0.4, 0.5) is 11.8 Å². The highest BCUT2D eigenvalue weighted by molar-refractivity contribution is 5.36. The van der Waals surface area contributed by atoms with E-state index in [1.807, 2.05) is 6.07 Å². The summed E-state index contributed by atoms with van der Waals surface area (Å²) < 4.78 is 0. The quantitative estimate of drug-likeness (QED) is 0.737. The molecule has 0 saturated carbocycles. The van der Waals surface area contributed by atoms with E-state index in [-0.39, 0.29) is 0 Å². The van der Waals surface area contributed by atoms with Crippen molar-refractivity contribution in [2.24, 2.45) is 5.92 Å². The van der Waals surface area contributed by atoms with Gasteiger partial charge in [-0.15, -0.1) is 0 Å². The maximum absolute atomic E-state index is 5.43. The number of anilines is 2. The molecule has 13 heavy (non-hydrogen) atoms. The summed E-state index contributed by atoms with van der Waals surface area (Å²) in [7, 11) is 0. The van der Waals surface area contributed by atoms with E-state index in [4.69, 9.17) is 5.73 Å². The summed E-state index contributed by atoms with van der Waals surface area (Å²) in [4.78, 5) is 7.84. The zero-order valence-electron chi connectivity index (χ0n) is 8.12. The molecule has 0 atom stereocenters. The number of nitrogen functional groups attached to an aromatic ring is 1. The minimum absolute atomic E-state index is 0.314. The molecule has 0 aromatic carbocycles. The Kier molecular flexibility index (Phi) is 3.49. The Morgan fingerprint density at radius 3 is 2.92 bits per heavy atom. The molecular weight excluding hydrogens is 164 g/mol. The third-order valence-corrected chi connectivity index (χ3v) is 1.70. The molecule has 0 fully saturated rings. The first-order valence-electron chi connectivity index (χ1n) is 4.51. The van der Waals surface area contributed by atoms with Crippen LogP contribution in [-0.2, 0) is 0 Å². The third kappa shape index (κ3) is 3.73. The summed E-state index contributed by atoms with van der Waals surface area (Å²) in [5.41, 5.74) is 5.43. The number of nitrogens with two attached hydrogens (primary N) is 1. The summed E-state index contributed by atoms with van der Waals surface area (Å²) >= 11 is 0. The zero-order valence-corrected chi connectivity index (χ0v) is 8.12. The summed E-state index contributed by atoms with van der Waals surface area (Å²) in [6, 6.07) is 1.82. The van der Waals surface area contributed by atoms with Gasteiger partial charge in [0.25, 0.3) is 0 Å². The van der Waals surface area contributed by atoms with E-state index in [1.54, 1.807) is 6.20 Å². The Morgan fingerprint density at radius 1 is 1.54 bits per heavy atom. The fourth-order valence-electron chi connectivity index (χ4n) is 0.961. The number of hydrogen-bond acceptors (Lipinski definition) is 4. The van der Waals surface area contributed by atoms with Gasteiger partial charge in [0.1, 0.15) is 5.82 Å². The normalized spacial score (nSPS) is 10.4. The van der Waals surface area contributed by atoms with Crippen molar-refractivity contribution in [3.05, 3.63) is 12.3 Å². The molecular formula is C9H16N4. The molecule has 0 aliphatic rings. The van der Waals surface area contributed by atoms with Crippen LogP contribution in [0.1, 0.15) is 20.3 Å².